The van der Waals surface area contributed by atoms with E-state index in [4.69, 9.17) is 11.6 Å². The monoisotopic (exact) mass is 238 g/mol. The topological polar surface area (TPSA) is 34.9 Å². The highest BCUT2D eigenvalue weighted by Crippen LogP contribution is 2.17. The van der Waals surface area contributed by atoms with Crippen molar-refractivity contribution < 1.29 is 9.18 Å². The van der Waals surface area contributed by atoms with Gasteiger partial charge in [-0.25, -0.2) is 9.37 Å². The lowest BCUT2D eigenvalue weighted by Crippen LogP contribution is -2.04. The van der Waals surface area contributed by atoms with E-state index in [1.165, 1.54) is 24.7 Å². The second-order valence-electron chi connectivity index (χ2n) is 3.38. The van der Waals surface area contributed by atoms with Crippen molar-refractivity contribution in [2.24, 2.45) is 7.05 Å². The third kappa shape index (κ3) is 1.97. The summed E-state index contributed by atoms with van der Waals surface area (Å²) in [4.78, 5) is 15.7. The van der Waals surface area contributed by atoms with Crippen molar-refractivity contribution in [3.63, 3.8) is 0 Å². The molecule has 0 saturated carbocycles. The number of ketones is 1. The average molecular weight is 239 g/mol. The van der Waals surface area contributed by atoms with Crippen molar-refractivity contribution in [3.05, 3.63) is 52.8 Å². The minimum atomic E-state index is -0.636. The average Bonchev–Trinajstić information content (AvgIpc) is 2.64. The molecule has 0 aliphatic rings. The van der Waals surface area contributed by atoms with Crippen LogP contribution in [-0.2, 0) is 7.05 Å². The van der Waals surface area contributed by atoms with Crippen molar-refractivity contribution in [1.82, 2.24) is 9.55 Å². The molecule has 82 valence electrons. The van der Waals surface area contributed by atoms with Gasteiger partial charge in [0.1, 0.15) is 11.5 Å². The van der Waals surface area contributed by atoms with Gasteiger partial charge in [0.15, 0.2) is 0 Å². The van der Waals surface area contributed by atoms with Gasteiger partial charge in [-0.15, -0.1) is 0 Å². The third-order valence-electron chi connectivity index (χ3n) is 2.11. The summed E-state index contributed by atoms with van der Waals surface area (Å²) in [6.45, 7) is 0. The minimum absolute atomic E-state index is 0.0249. The minimum Gasteiger partial charge on any atom is -0.340 e. The molecule has 0 saturated heterocycles. The van der Waals surface area contributed by atoms with E-state index in [9.17, 15) is 9.18 Å². The Bertz CT molecular complexity index is 551. The van der Waals surface area contributed by atoms with E-state index in [1.807, 2.05) is 0 Å². The fourth-order valence-electron chi connectivity index (χ4n) is 1.34. The van der Waals surface area contributed by atoms with Gasteiger partial charge in [-0.1, -0.05) is 11.6 Å². The maximum absolute atomic E-state index is 13.5. The van der Waals surface area contributed by atoms with Crippen LogP contribution >= 0.6 is 11.6 Å². The molecule has 0 spiro atoms. The van der Waals surface area contributed by atoms with Gasteiger partial charge in [-0.2, -0.15) is 0 Å². The molecule has 0 atom stereocenters. The first kappa shape index (κ1) is 10.8. The summed E-state index contributed by atoms with van der Waals surface area (Å²) in [6, 6.07) is 3.94. The van der Waals surface area contributed by atoms with E-state index < -0.39 is 11.6 Å². The third-order valence-corrected chi connectivity index (χ3v) is 2.35. The highest BCUT2D eigenvalue weighted by atomic mass is 35.5. The highest BCUT2D eigenvalue weighted by molar-refractivity contribution is 6.30. The van der Waals surface area contributed by atoms with Gasteiger partial charge in [0, 0.05) is 18.3 Å². The number of carbonyl (C=O) groups excluding carboxylic acids is 1. The van der Waals surface area contributed by atoms with Gasteiger partial charge in [0.05, 0.1) is 11.9 Å². The molecule has 1 aromatic heterocycles. The van der Waals surface area contributed by atoms with E-state index in [0.29, 0.717) is 0 Å². The molecule has 0 unspecified atom stereocenters. The molecule has 5 heteroatoms. The van der Waals surface area contributed by atoms with Gasteiger partial charge in [-0.3, -0.25) is 4.79 Å². The molecule has 0 radical (unpaired) electrons. The predicted molar refractivity (Wildman–Crippen MR) is 58.1 cm³/mol. The Morgan fingerprint density at radius 2 is 2.25 bits per heavy atom. The van der Waals surface area contributed by atoms with E-state index in [2.05, 4.69) is 4.98 Å². The predicted octanol–water partition coefficient (Wildman–Crippen LogP) is 2.44. The SMILES string of the molecule is Cn1cnc(C(=O)c2ccc(Cl)cc2F)c1. The van der Waals surface area contributed by atoms with Crippen LogP contribution in [0.3, 0.4) is 0 Å². The molecule has 0 fully saturated rings. The van der Waals surface area contributed by atoms with Gasteiger partial charge in [0.25, 0.3) is 0 Å². The molecule has 0 bridgehead atoms. The molecule has 1 heterocycles. The summed E-state index contributed by atoms with van der Waals surface area (Å²) < 4.78 is 15.1. The van der Waals surface area contributed by atoms with Crippen LogP contribution < -0.4 is 0 Å². The zero-order valence-electron chi connectivity index (χ0n) is 8.45. The van der Waals surface area contributed by atoms with Crippen LogP contribution in [0.4, 0.5) is 4.39 Å². The van der Waals surface area contributed by atoms with Crippen LogP contribution in [0.2, 0.25) is 5.02 Å². The normalized spacial score (nSPS) is 10.4. The lowest BCUT2D eigenvalue weighted by molar-refractivity contribution is 0.103. The first-order valence-corrected chi connectivity index (χ1v) is 4.93. The van der Waals surface area contributed by atoms with Gasteiger partial charge < -0.3 is 4.57 Å². The quantitative estimate of drug-likeness (QED) is 0.754. The Labute approximate surface area is 96.5 Å². The van der Waals surface area contributed by atoms with Crippen molar-refractivity contribution >= 4 is 17.4 Å². The van der Waals surface area contributed by atoms with Crippen molar-refractivity contribution in [3.8, 4) is 0 Å². The smallest absolute Gasteiger partial charge is 0.215 e. The zero-order chi connectivity index (χ0) is 11.7. The highest BCUT2D eigenvalue weighted by Gasteiger charge is 2.16. The molecule has 0 aliphatic heterocycles. The summed E-state index contributed by atoms with van der Waals surface area (Å²) in [5.74, 6) is -1.09. The Kier molecular flexibility index (Phi) is 2.75. The van der Waals surface area contributed by atoms with Gasteiger partial charge in [-0.05, 0) is 18.2 Å². The molecule has 16 heavy (non-hydrogen) atoms. The van der Waals surface area contributed by atoms with Crippen LogP contribution in [0, 0.1) is 5.82 Å². The number of aromatic nitrogens is 2. The Morgan fingerprint density at radius 3 is 2.81 bits per heavy atom. The lowest BCUT2D eigenvalue weighted by Gasteiger charge is -2.00. The number of halogens is 2. The maximum Gasteiger partial charge on any atom is 0.215 e. The molecule has 2 aromatic rings. The molecule has 1 aromatic carbocycles. The van der Waals surface area contributed by atoms with E-state index in [-0.39, 0.29) is 16.3 Å². The maximum atomic E-state index is 13.5. The van der Waals surface area contributed by atoms with Crippen molar-refractivity contribution in [1.29, 1.82) is 0 Å². The van der Waals surface area contributed by atoms with Crippen LogP contribution in [0.15, 0.2) is 30.7 Å². The van der Waals surface area contributed by atoms with Crippen LogP contribution in [0.1, 0.15) is 16.1 Å². The zero-order valence-corrected chi connectivity index (χ0v) is 9.20. The summed E-state index contributed by atoms with van der Waals surface area (Å²) in [7, 11) is 1.74. The Balaban J connectivity index is 2.41. The van der Waals surface area contributed by atoms with Crippen molar-refractivity contribution in [2.45, 2.75) is 0 Å². The van der Waals surface area contributed by atoms with E-state index >= 15 is 0 Å². The first-order chi connectivity index (χ1) is 7.58. The number of rotatable bonds is 2. The summed E-state index contributed by atoms with van der Waals surface area (Å²) >= 11 is 5.60. The van der Waals surface area contributed by atoms with Crippen LogP contribution in [0.25, 0.3) is 0 Å². The second-order valence-corrected chi connectivity index (χ2v) is 3.81. The van der Waals surface area contributed by atoms with E-state index in [0.717, 1.165) is 6.07 Å². The van der Waals surface area contributed by atoms with Gasteiger partial charge in [0.2, 0.25) is 5.78 Å². The lowest BCUT2D eigenvalue weighted by atomic mass is 10.1. The molecular formula is C11H8ClFN2O. The number of hydrogen-bond donors (Lipinski definition) is 0. The van der Waals surface area contributed by atoms with Crippen LogP contribution in [0.5, 0.6) is 0 Å². The molecule has 3 nitrogen and oxygen atoms in total. The summed E-state index contributed by atoms with van der Waals surface area (Å²) in [5, 5.41) is 0.259. The summed E-state index contributed by atoms with van der Waals surface area (Å²) in [5.41, 5.74) is 0.187. The first-order valence-electron chi connectivity index (χ1n) is 4.55. The molecule has 0 aliphatic carbocycles. The fraction of sp³-hybridized carbons (Fsp3) is 0.0909. The number of imidazole rings is 1. The summed E-state index contributed by atoms with van der Waals surface area (Å²) in [6.07, 6.45) is 3.03. The largest absolute Gasteiger partial charge is 0.340 e. The molecular weight excluding hydrogens is 231 g/mol. The molecule has 0 amide bonds. The number of benzene rings is 1. The Hall–Kier alpha value is -1.68. The van der Waals surface area contributed by atoms with E-state index in [1.54, 1.807) is 11.6 Å². The Morgan fingerprint density at radius 1 is 1.50 bits per heavy atom. The number of carbonyl (C=O) groups is 1. The van der Waals surface area contributed by atoms with Crippen molar-refractivity contribution in [2.75, 3.05) is 0 Å². The number of nitrogens with zero attached hydrogens (tertiary/aromatic N) is 2. The second kappa shape index (κ2) is 4.06. The van der Waals surface area contributed by atoms with Gasteiger partial charge >= 0.3 is 0 Å². The standard InChI is InChI=1S/C11H8ClFN2O/c1-15-5-10(14-6-15)11(16)8-3-2-7(12)4-9(8)13/h2-6H,1H3. The number of aryl methyl sites for hydroxylation is 1. The van der Waals surface area contributed by atoms with Crippen LogP contribution in [-0.4, -0.2) is 15.3 Å². The molecule has 0 N–H and O–H groups in total. The molecule has 2 rings (SSSR count). The fourth-order valence-corrected chi connectivity index (χ4v) is 1.50. The number of hydrogen-bond acceptors (Lipinski definition) is 2.